The number of benzene rings is 8. The highest BCUT2D eigenvalue weighted by atomic mass is 16.5. The van der Waals surface area contributed by atoms with E-state index < -0.39 is 0 Å². The number of nitrogens with zero attached hydrogens (tertiary/aromatic N) is 2. The molecule has 0 bridgehead atoms. The van der Waals surface area contributed by atoms with Gasteiger partial charge in [0.05, 0.1) is 11.4 Å². The number of hydrogen-bond donors (Lipinski definition) is 0. The molecule has 8 aromatic rings. The Hall–Kier alpha value is -6.78. The third kappa shape index (κ3) is 4.91. The number of para-hydroxylation sites is 5. The molecule has 52 heavy (non-hydrogen) atoms. The second-order valence-electron chi connectivity index (χ2n) is 13.3. The number of rotatable bonds is 6. The van der Waals surface area contributed by atoms with E-state index in [0.29, 0.717) is 0 Å². The van der Waals surface area contributed by atoms with E-state index in [1.165, 1.54) is 16.4 Å². The van der Waals surface area contributed by atoms with Gasteiger partial charge in [0.2, 0.25) is 0 Å². The second-order valence-corrected chi connectivity index (χ2v) is 13.3. The Morgan fingerprint density at radius 3 is 1.54 bits per heavy atom. The minimum atomic E-state index is 0.00223. The largest absolute Gasteiger partial charge is 0.458 e. The lowest BCUT2D eigenvalue weighted by Crippen LogP contribution is -2.59. The predicted octanol–water partition coefficient (Wildman–Crippen LogP) is 10.9. The van der Waals surface area contributed by atoms with Gasteiger partial charge in [-0.1, -0.05) is 152 Å². The molecular formula is C48H33BN2O. The Balaban J connectivity index is 1.32. The molecule has 0 aromatic heterocycles. The van der Waals surface area contributed by atoms with Crippen molar-refractivity contribution >= 4 is 57.2 Å². The van der Waals surface area contributed by atoms with Crippen LogP contribution in [0.2, 0.25) is 0 Å². The van der Waals surface area contributed by atoms with E-state index in [2.05, 4.69) is 210 Å². The molecule has 0 aliphatic carbocycles. The van der Waals surface area contributed by atoms with Crippen LogP contribution in [0, 0.1) is 0 Å². The molecule has 10 rings (SSSR count). The van der Waals surface area contributed by atoms with Crippen LogP contribution in [0.3, 0.4) is 0 Å². The topological polar surface area (TPSA) is 15.7 Å². The average Bonchev–Trinajstić information content (AvgIpc) is 3.22. The molecule has 3 nitrogen and oxygen atoms in total. The van der Waals surface area contributed by atoms with Gasteiger partial charge in [-0.15, -0.1) is 0 Å². The van der Waals surface area contributed by atoms with Crippen molar-refractivity contribution in [3.8, 4) is 33.8 Å². The van der Waals surface area contributed by atoms with Gasteiger partial charge >= 0.3 is 0 Å². The Morgan fingerprint density at radius 2 is 0.923 bits per heavy atom. The monoisotopic (exact) mass is 664 g/mol. The van der Waals surface area contributed by atoms with Crippen LogP contribution in [0.4, 0.5) is 34.1 Å². The zero-order chi connectivity index (χ0) is 34.4. The lowest BCUT2D eigenvalue weighted by Gasteiger charge is -2.42. The predicted molar refractivity (Wildman–Crippen MR) is 218 cm³/mol. The summed E-state index contributed by atoms with van der Waals surface area (Å²) >= 11 is 0. The molecule has 0 spiro atoms. The molecule has 0 atom stereocenters. The molecule has 4 heteroatoms. The van der Waals surface area contributed by atoms with Crippen molar-refractivity contribution in [2.24, 2.45) is 0 Å². The van der Waals surface area contributed by atoms with Crippen molar-refractivity contribution in [2.45, 2.75) is 0 Å². The Bertz CT molecular complexity index is 2460. The summed E-state index contributed by atoms with van der Waals surface area (Å²) in [6.45, 7) is 0.00223. The summed E-state index contributed by atoms with van der Waals surface area (Å²) < 4.78 is 6.96. The summed E-state index contributed by atoms with van der Waals surface area (Å²) in [4.78, 5) is 4.83. The highest BCUT2D eigenvalue weighted by Gasteiger charge is 2.43. The maximum absolute atomic E-state index is 6.96. The van der Waals surface area contributed by atoms with Gasteiger partial charge in [0.1, 0.15) is 11.5 Å². The first-order valence-corrected chi connectivity index (χ1v) is 17.8. The smallest absolute Gasteiger partial charge is 0.256 e. The van der Waals surface area contributed by atoms with E-state index in [1.807, 2.05) is 0 Å². The summed E-state index contributed by atoms with van der Waals surface area (Å²) in [6.07, 6.45) is 0. The maximum Gasteiger partial charge on any atom is 0.256 e. The van der Waals surface area contributed by atoms with Crippen LogP contribution in [0.15, 0.2) is 200 Å². The lowest BCUT2D eigenvalue weighted by molar-refractivity contribution is 0.487. The zero-order valence-electron chi connectivity index (χ0n) is 28.4. The van der Waals surface area contributed by atoms with Gasteiger partial charge in [0, 0.05) is 39.9 Å². The second kappa shape index (κ2) is 12.5. The fourth-order valence-corrected chi connectivity index (χ4v) is 8.09. The fourth-order valence-electron chi connectivity index (χ4n) is 8.09. The van der Waals surface area contributed by atoms with Crippen LogP contribution in [-0.2, 0) is 0 Å². The summed E-state index contributed by atoms with van der Waals surface area (Å²) in [7, 11) is 0. The van der Waals surface area contributed by atoms with Gasteiger partial charge < -0.3 is 14.5 Å². The lowest BCUT2D eigenvalue weighted by atomic mass is 9.34. The Morgan fingerprint density at radius 1 is 0.404 bits per heavy atom. The molecule has 8 aromatic carbocycles. The average molecular weight is 665 g/mol. The third-order valence-electron chi connectivity index (χ3n) is 10.3. The normalized spacial score (nSPS) is 12.3. The fraction of sp³-hybridized carbons (Fsp3) is 0. The van der Waals surface area contributed by atoms with Gasteiger partial charge in [0.15, 0.2) is 0 Å². The van der Waals surface area contributed by atoms with Crippen LogP contribution >= 0.6 is 0 Å². The van der Waals surface area contributed by atoms with E-state index in [1.54, 1.807) is 0 Å². The van der Waals surface area contributed by atoms with Crippen LogP contribution < -0.4 is 30.9 Å². The molecule has 2 heterocycles. The molecule has 0 saturated carbocycles. The van der Waals surface area contributed by atoms with Crippen molar-refractivity contribution in [3.05, 3.63) is 200 Å². The van der Waals surface area contributed by atoms with Gasteiger partial charge in [-0.25, -0.2) is 0 Å². The quantitative estimate of drug-likeness (QED) is 0.165. The van der Waals surface area contributed by atoms with E-state index in [9.17, 15) is 0 Å². The first-order chi connectivity index (χ1) is 25.8. The van der Waals surface area contributed by atoms with E-state index in [4.69, 9.17) is 4.74 Å². The molecule has 0 N–H and O–H groups in total. The van der Waals surface area contributed by atoms with Crippen LogP contribution in [0.1, 0.15) is 0 Å². The SMILES string of the molecule is c1ccc(-c2cccc(-c3ccccc3)c2N2c3ccccc3B3c4ccccc4Oc4cc(N(c5ccccc5)c5ccccc5)cc2c43)cc1. The molecule has 2 aliphatic rings. The number of hydrogen-bond acceptors (Lipinski definition) is 3. The van der Waals surface area contributed by atoms with Crippen LogP contribution in [0.5, 0.6) is 11.5 Å². The summed E-state index contributed by atoms with van der Waals surface area (Å²) in [6, 6.07) is 71.5. The van der Waals surface area contributed by atoms with E-state index in [-0.39, 0.29) is 6.71 Å². The number of fused-ring (bicyclic) bond motifs is 4. The van der Waals surface area contributed by atoms with Crippen molar-refractivity contribution in [2.75, 3.05) is 9.80 Å². The first-order valence-electron chi connectivity index (χ1n) is 17.8. The molecule has 0 fully saturated rings. The minimum absolute atomic E-state index is 0.00223. The minimum Gasteiger partial charge on any atom is -0.458 e. The number of ether oxygens (including phenoxy) is 1. The maximum atomic E-state index is 6.96. The number of anilines is 6. The van der Waals surface area contributed by atoms with Gasteiger partial charge in [-0.3, -0.25) is 0 Å². The summed E-state index contributed by atoms with van der Waals surface area (Å²) in [5.41, 5.74) is 14.8. The molecular weight excluding hydrogens is 631 g/mol. The van der Waals surface area contributed by atoms with Crippen LogP contribution in [0.25, 0.3) is 22.3 Å². The molecule has 0 radical (unpaired) electrons. The summed E-state index contributed by atoms with van der Waals surface area (Å²) in [5.74, 6) is 1.76. The first kappa shape index (κ1) is 30.1. The molecule has 2 aliphatic heterocycles. The van der Waals surface area contributed by atoms with Crippen molar-refractivity contribution in [3.63, 3.8) is 0 Å². The standard InChI is InChI=1S/C48H33BN2O/c1-5-18-34(19-6-1)39-26-17-27-40(35-20-7-2-8-21-35)48(39)51-43-30-15-13-28-41(43)49-42-29-14-16-31-45(42)52-46-33-38(32-44(51)47(46)49)50(36-22-9-3-10-23-36)37-24-11-4-12-25-37/h1-33H. The molecule has 0 saturated heterocycles. The Labute approximate surface area is 304 Å². The third-order valence-corrected chi connectivity index (χ3v) is 10.3. The Kier molecular flexibility index (Phi) is 7.25. The molecule has 244 valence electrons. The molecule has 0 unspecified atom stereocenters. The van der Waals surface area contributed by atoms with Gasteiger partial charge in [0.25, 0.3) is 6.71 Å². The highest BCUT2D eigenvalue weighted by molar-refractivity contribution is 6.99. The van der Waals surface area contributed by atoms with Crippen LogP contribution in [-0.4, -0.2) is 6.71 Å². The van der Waals surface area contributed by atoms with Gasteiger partial charge in [-0.05, 0) is 70.0 Å². The highest BCUT2D eigenvalue weighted by Crippen LogP contribution is 2.50. The van der Waals surface area contributed by atoms with E-state index >= 15 is 0 Å². The van der Waals surface area contributed by atoms with Crippen molar-refractivity contribution in [1.29, 1.82) is 0 Å². The zero-order valence-corrected chi connectivity index (χ0v) is 28.4. The van der Waals surface area contributed by atoms with Crippen molar-refractivity contribution < 1.29 is 4.74 Å². The van der Waals surface area contributed by atoms with Crippen molar-refractivity contribution in [1.82, 2.24) is 0 Å². The van der Waals surface area contributed by atoms with E-state index in [0.717, 1.165) is 67.9 Å². The molecule has 0 amide bonds. The summed E-state index contributed by atoms with van der Waals surface area (Å²) in [5, 5.41) is 0. The van der Waals surface area contributed by atoms with Gasteiger partial charge in [-0.2, -0.15) is 0 Å².